The highest BCUT2D eigenvalue weighted by molar-refractivity contribution is 8.13. The SMILES string of the molecule is COc1ccc(CC2OCC(C)(C)[C@H](C(=O)NCCC(=O)NCCSC(=O)C(CC(=O)O)NC(=O)OC(C)(C)C)O2)cc1. The van der Waals surface area contributed by atoms with Gasteiger partial charge in [0.25, 0.3) is 0 Å². The lowest BCUT2D eigenvalue weighted by atomic mass is 9.85. The fourth-order valence-electron chi connectivity index (χ4n) is 3.98. The van der Waals surface area contributed by atoms with Crippen LogP contribution in [0.25, 0.3) is 0 Å². The van der Waals surface area contributed by atoms with Crippen molar-refractivity contribution in [3.05, 3.63) is 29.8 Å². The maximum absolute atomic E-state index is 12.9. The Kier molecular flexibility index (Phi) is 13.7. The maximum Gasteiger partial charge on any atom is 0.408 e. The number of rotatable bonds is 14. The lowest BCUT2D eigenvalue weighted by Gasteiger charge is -2.41. The molecular formula is C29H43N3O10S. The number of carbonyl (C=O) groups is 5. The standard InChI is InChI=1S/C29H43N3O10S/c1-28(2,3)42-27(38)32-20(16-22(34)35)26(37)43-14-13-30-21(33)11-12-31-25(36)24-29(4,5)17-40-23(41-24)15-18-7-9-19(39-6)10-8-18/h7-10,20,23-24H,11-17H2,1-6H3,(H,30,33)(H,31,36)(H,32,38)(H,34,35)/t20?,23?,24-/m0/s1. The number of nitrogens with one attached hydrogen (secondary N) is 3. The number of thioether (sulfide) groups is 1. The van der Waals surface area contributed by atoms with Crippen molar-refractivity contribution >= 4 is 40.8 Å². The number of aliphatic carboxylic acids is 1. The predicted octanol–water partition coefficient (Wildman–Crippen LogP) is 2.26. The number of benzene rings is 1. The first-order chi connectivity index (χ1) is 20.1. The van der Waals surface area contributed by atoms with Crippen LogP contribution in [-0.4, -0.2) is 90.7 Å². The van der Waals surface area contributed by atoms with Gasteiger partial charge in [0.2, 0.25) is 16.9 Å². The second-order valence-corrected chi connectivity index (χ2v) is 12.8. The minimum atomic E-state index is -1.28. The second-order valence-electron chi connectivity index (χ2n) is 11.7. The third-order valence-electron chi connectivity index (χ3n) is 6.11. The summed E-state index contributed by atoms with van der Waals surface area (Å²) < 4.78 is 22.1. The van der Waals surface area contributed by atoms with Crippen LogP contribution in [0.3, 0.4) is 0 Å². The summed E-state index contributed by atoms with van der Waals surface area (Å²) in [6, 6.07) is 6.21. The third-order valence-corrected chi connectivity index (χ3v) is 7.09. The van der Waals surface area contributed by atoms with Gasteiger partial charge in [-0.3, -0.25) is 19.2 Å². The van der Waals surface area contributed by atoms with Gasteiger partial charge in [0.1, 0.15) is 23.5 Å². The van der Waals surface area contributed by atoms with E-state index in [-0.39, 0.29) is 37.1 Å². The number of ether oxygens (including phenoxy) is 4. The summed E-state index contributed by atoms with van der Waals surface area (Å²) in [5, 5.41) is 16.2. The van der Waals surface area contributed by atoms with Crippen LogP contribution >= 0.6 is 11.8 Å². The molecular weight excluding hydrogens is 582 g/mol. The molecule has 1 heterocycles. The lowest BCUT2D eigenvalue weighted by Crippen LogP contribution is -2.54. The second kappa shape index (κ2) is 16.5. The minimum Gasteiger partial charge on any atom is -0.497 e. The van der Waals surface area contributed by atoms with E-state index in [4.69, 9.17) is 24.1 Å². The zero-order valence-corrected chi connectivity index (χ0v) is 26.3. The average molecular weight is 626 g/mol. The first-order valence-electron chi connectivity index (χ1n) is 13.9. The summed E-state index contributed by atoms with van der Waals surface area (Å²) in [5.41, 5.74) is -0.423. The number of carbonyl (C=O) groups excluding carboxylic acids is 4. The van der Waals surface area contributed by atoms with Crippen LogP contribution in [0.1, 0.15) is 53.0 Å². The highest BCUT2D eigenvalue weighted by Gasteiger charge is 2.42. The molecule has 240 valence electrons. The molecule has 13 nitrogen and oxygen atoms in total. The fourth-order valence-corrected chi connectivity index (χ4v) is 4.73. The van der Waals surface area contributed by atoms with Gasteiger partial charge in [0.05, 0.1) is 20.1 Å². The van der Waals surface area contributed by atoms with E-state index in [1.165, 1.54) is 0 Å². The van der Waals surface area contributed by atoms with Gasteiger partial charge in [-0.05, 0) is 38.5 Å². The Morgan fingerprint density at radius 1 is 1.09 bits per heavy atom. The van der Waals surface area contributed by atoms with Crippen LogP contribution in [0.4, 0.5) is 4.79 Å². The molecule has 0 aromatic heterocycles. The van der Waals surface area contributed by atoms with E-state index in [0.717, 1.165) is 23.1 Å². The van der Waals surface area contributed by atoms with Gasteiger partial charge in [0, 0.05) is 37.1 Å². The van der Waals surface area contributed by atoms with Gasteiger partial charge in [-0.2, -0.15) is 0 Å². The van der Waals surface area contributed by atoms with E-state index >= 15 is 0 Å². The molecule has 1 aliphatic rings. The largest absolute Gasteiger partial charge is 0.497 e. The molecule has 1 fully saturated rings. The first kappa shape index (κ1) is 35.8. The van der Waals surface area contributed by atoms with Crippen LogP contribution in [0, 0.1) is 5.41 Å². The Morgan fingerprint density at radius 3 is 2.37 bits per heavy atom. The summed E-state index contributed by atoms with van der Waals surface area (Å²) in [6.45, 7) is 9.20. The van der Waals surface area contributed by atoms with Gasteiger partial charge < -0.3 is 40.0 Å². The lowest BCUT2D eigenvalue weighted by molar-refractivity contribution is -0.253. The molecule has 3 amide bonds. The molecule has 0 bridgehead atoms. The Morgan fingerprint density at radius 2 is 1.77 bits per heavy atom. The van der Waals surface area contributed by atoms with Gasteiger partial charge in [-0.25, -0.2) is 4.79 Å². The molecule has 43 heavy (non-hydrogen) atoms. The van der Waals surface area contributed by atoms with E-state index in [1.54, 1.807) is 27.9 Å². The van der Waals surface area contributed by atoms with Gasteiger partial charge in [-0.15, -0.1) is 0 Å². The van der Waals surface area contributed by atoms with Crippen LogP contribution in [0.5, 0.6) is 5.75 Å². The fraction of sp³-hybridized carbons (Fsp3) is 0.621. The number of methoxy groups -OCH3 is 1. The molecule has 2 rings (SSSR count). The Bertz CT molecular complexity index is 1120. The average Bonchev–Trinajstić information content (AvgIpc) is 2.90. The molecule has 1 aliphatic heterocycles. The smallest absolute Gasteiger partial charge is 0.408 e. The Balaban J connectivity index is 1.74. The van der Waals surface area contributed by atoms with Crippen molar-refractivity contribution in [3.63, 3.8) is 0 Å². The summed E-state index contributed by atoms with van der Waals surface area (Å²) >= 11 is 0.787. The monoisotopic (exact) mass is 625 g/mol. The molecule has 1 aromatic rings. The van der Waals surface area contributed by atoms with Gasteiger partial charge >= 0.3 is 12.1 Å². The number of carboxylic acids is 1. The molecule has 4 N–H and O–H groups in total. The molecule has 0 saturated carbocycles. The topological polar surface area (TPSA) is 179 Å². The molecule has 0 radical (unpaired) electrons. The van der Waals surface area contributed by atoms with Crippen LogP contribution < -0.4 is 20.7 Å². The Labute approximate surface area is 256 Å². The van der Waals surface area contributed by atoms with Gasteiger partial charge in [0.15, 0.2) is 6.29 Å². The van der Waals surface area contributed by atoms with Crippen molar-refractivity contribution in [2.45, 2.75) is 77.9 Å². The Hall–Kier alpha value is -3.36. The third kappa shape index (κ3) is 13.2. The summed E-state index contributed by atoms with van der Waals surface area (Å²) in [4.78, 5) is 60.8. The number of carboxylic acid groups (broad SMARTS) is 1. The van der Waals surface area contributed by atoms with Crippen LogP contribution in [0.2, 0.25) is 0 Å². The minimum absolute atomic E-state index is 0.00508. The van der Waals surface area contributed by atoms with Crippen LogP contribution in [-0.2, 0) is 39.8 Å². The zero-order valence-electron chi connectivity index (χ0n) is 25.5. The van der Waals surface area contributed by atoms with Crippen molar-refractivity contribution in [2.75, 3.05) is 32.6 Å². The number of hydrogen-bond acceptors (Lipinski definition) is 10. The van der Waals surface area contributed by atoms with E-state index in [2.05, 4.69) is 16.0 Å². The van der Waals surface area contributed by atoms with E-state index in [0.29, 0.717) is 13.0 Å². The number of amides is 3. The summed E-state index contributed by atoms with van der Waals surface area (Å²) in [5.74, 6) is -1.05. The number of hydrogen-bond donors (Lipinski definition) is 4. The molecule has 3 atom stereocenters. The highest BCUT2D eigenvalue weighted by atomic mass is 32.2. The van der Waals surface area contributed by atoms with E-state index in [1.807, 2.05) is 38.1 Å². The molecule has 1 aromatic carbocycles. The predicted molar refractivity (Wildman–Crippen MR) is 159 cm³/mol. The molecule has 0 spiro atoms. The summed E-state index contributed by atoms with van der Waals surface area (Å²) in [6.07, 6.45) is -2.41. The van der Waals surface area contributed by atoms with Crippen LogP contribution in [0.15, 0.2) is 24.3 Å². The van der Waals surface area contributed by atoms with E-state index < -0.39 is 53.1 Å². The van der Waals surface area contributed by atoms with Crippen molar-refractivity contribution < 1.29 is 48.0 Å². The normalized spacial score (nSPS) is 18.6. The highest BCUT2D eigenvalue weighted by Crippen LogP contribution is 2.31. The summed E-state index contributed by atoms with van der Waals surface area (Å²) in [7, 11) is 1.59. The molecule has 14 heteroatoms. The van der Waals surface area contributed by atoms with E-state index in [9.17, 15) is 24.0 Å². The van der Waals surface area contributed by atoms with Crippen molar-refractivity contribution in [2.24, 2.45) is 5.41 Å². The molecule has 0 aliphatic carbocycles. The van der Waals surface area contributed by atoms with Crippen molar-refractivity contribution in [1.82, 2.24) is 16.0 Å². The zero-order chi connectivity index (χ0) is 32.2. The molecule has 2 unspecified atom stereocenters. The van der Waals surface area contributed by atoms with Crippen molar-refractivity contribution in [1.29, 1.82) is 0 Å². The quantitative estimate of drug-likeness (QED) is 0.223. The van der Waals surface area contributed by atoms with Crippen molar-refractivity contribution in [3.8, 4) is 5.75 Å². The maximum atomic E-state index is 12.9. The van der Waals surface area contributed by atoms with Gasteiger partial charge in [-0.1, -0.05) is 37.7 Å². The molecule has 1 saturated heterocycles. The number of alkyl carbamates (subject to hydrolysis) is 1. The first-order valence-corrected chi connectivity index (χ1v) is 14.9.